The molecule has 4 heterocycles. The highest BCUT2D eigenvalue weighted by Crippen LogP contribution is 2.51. The first-order chi connectivity index (χ1) is 23.3. The highest BCUT2D eigenvalue weighted by atomic mass is 79.9. The van der Waals surface area contributed by atoms with E-state index in [1.165, 1.54) is 26.4 Å². The maximum absolute atomic E-state index is 13.5. The lowest BCUT2D eigenvalue weighted by atomic mass is 10.00. The van der Waals surface area contributed by atoms with E-state index in [1.54, 1.807) is 0 Å². The molecule has 2 aromatic carbocycles. The van der Waals surface area contributed by atoms with Gasteiger partial charge in [-0.25, -0.2) is 18.7 Å². The number of ether oxygens (including phenoxy) is 1. The van der Waals surface area contributed by atoms with Crippen molar-refractivity contribution in [2.45, 2.75) is 70.1 Å². The van der Waals surface area contributed by atoms with Crippen molar-refractivity contribution in [1.29, 1.82) is 0 Å². The number of nitrogens with one attached hydrogen (secondary N) is 3. The molecule has 4 aromatic rings. The van der Waals surface area contributed by atoms with Crippen LogP contribution in [0.5, 0.6) is 0 Å². The molecular formula is C37H40BrN7O3. The Labute approximate surface area is 289 Å². The van der Waals surface area contributed by atoms with Gasteiger partial charge in [0.2, 0.25) is 5.91 Å². The van der Waals surface area contributed by atoms with Gasteiger partial charge in [-0.2, -0.15) is 0 Å². The molecule has 3 aliphatic rings. The van der Waals surface area contributed by atoms with Gasteiger partial charge in [0.25, 0.3) is 0 Å². The Morgan fingerprint density at radius 2 is 1.52 bits per heavy atom. The van der Waals surface area contributed by atoms with E-state index in [1.807, 2.05) is 67.5 Å². The molecule has 3 fully saturated rings. The van der Waals surface area contributed by atoms with E-state index in [0.29, 0.717) is 24.5 Å². The standard InChI is InChI=1S/C37H40BrN7O3/c1-22(2)32(43-37(47)48-3)36(46)44-18-4-5-31(44)34-39-20-29(41-34)25-12-8-23(9-13-25)6-7-24-10-14-26(15-11-24)30-21-40-35(42-30)33-27-16-17-28(19-27)45(33)38/h8-15,20-22,27-28,31-33H,4-5,16-19H2,1-3H3,(H,39,41)(H,40,42)(H,43,47). The zero-order valence-electron chi connectivity index (χ0n) is 27.4. The van der Waals surface area contributed by atoms with Crippen LogP contribution < -0.4 is 5.32 Å². The van der Waals surface area contributed by atoms with Gasteiger partial charge in [0, 0.05) is 39.9 Å². The molecule has 1 saturated carbocycles. The summed E-state index contributed by atoms with van der Waals surface area (Å²) in [6.45, 7) is 4.43. The van der Waals surface area contributed by atoms with E-state index in [2.05, 4.69) is 64.3 Å². The van der Waals surface area contributed by atoms with Crippen LogP contribution in [0.15, 0.2) is 60.9 Å². The van der Waals surface area contributed by atoms with E-state index in [-0.39, 0.29) is 17.9 Å². The first-order valence-electron chi connectivity index (χ1n) is 16.7. The molecule has 248 valence electrons. The minimum atomic E-state index is -0.666. The number of benzene rings is 2. The molecule has 5 unspecified atom stereocenters. The van der Waals surface area contributed by atoms with Gasteiger partial charge >= 0.3 is 6.09 Å². The molecular weight excluding hydrogens is 670 g/mol. The Balaban J connectivity index is 0.986. The van der Waals surface area contributed by atoms with Crippen LogP contribution >= 0.6 is 16.1 Å². The maximum atomic E-state index is 13.5. The number of H-pyrrole nitrogens is 2. The van der Waals surface area contributed by atoms with Crippen molar-refractivity contribution in [1.82, 2.24) is 34.1 Å². The minimum Gasteiger partial charge on any atom is -0.453 e. The van der Waals surface area contributed by atoms with Gasteiger partial charge in [0.05, 0.1) is 43.0 Å². The molecule has 2 amide bonds. The monoisotopic (exact) mass is 709 g/mol. The highest BCUT2D eigenvalue weighted by molar-refractivity contribution is 9.07. The van der Waals surface area contributed by atoms with Crippen LogP contribution in [0.4, 0.5) is 4.79 Å². The number of likely N-dealkylation sites (tertiary alicyclic amines) is 1. The van der Waals surface area contributed by atoms with E-state index < -0.39 is 12.1 Å². The third-order valence-electron chi connectivity index (χ3n) is 9.96. The Morgan fingerprint density at radius 3 is 2.08 bits per heavy atom. The molecule has 2 bridgehead atoms. The number of carbonyl (C=O) groups excluding carboxylic acids is 2. The second kappa shape index (κ2) is 13.6. The number of carbonyl (C=O) groups is 2. The third-order valence-corrected chi connectivity index (χ3v) is 11.0. The number of hydrogen-bond acceptors (Lipinski definition) is 6. The van der Waals surface area contributed by atoms with Gasteiger partial charge < -0.3 is 24.9 Å². The van der Waals surface area contributed by atoms with Crippen LogP contribution in [-0.2, 0) is 9.53 Å². The van der Waals surface area contributed by atoms with Crippen molar-refractivity contribution in [2.24, 2.45) is 11.8 Å². The first kappa shape index (κ1) is 32.2. The number of nitrogens with zero attached hydrogens (tertiary/aromatic N) is 4. The molecule has 0 spiro atoms. The summed E-state index contributed by atoms with van der Waals surface area (Å²) < 4.78 is 7.06. The average Bonchev–Trinajstić information content (AvgIpc) is 3.95. The summed E-state index contributed by atoms with van der Waals surface area (Å²) in [4.78, 5) is 43.5. The van der Waals surface area contributed by atoms with Crippen LogP contribution in [0.1, 0.15) is 80.8 Å². The van der Waals surface area contributed by atoms with Crippen molar-refractivity contribution in [3.63, 3.8) is 0 Å². The number of fused-ring (bicyclic) bond motifs is 2. The SMILES string of the molecule is COC(=O)NC(C(=O)N1CCCC1c1ncc(-c2ccc(C#Cc3ccc(-c4cnc(C5C6CCC(C6)N5Br)[nH]4)cc3)cc2)[nH]1)C(C)C. The fraction of sp³-hybridized carbons (Fsp3) is 0.405. The molecule has 48 heavy (non-hydrogen) atoms. The van der Waals surface area contributed by atoms with Crippen LogP contribution in [0.3, 0.4) is 0 Å². The van der Waals surface area contributed by atoms with Gasteiger partial charge in [0.15, 0.2) is 0 Å². The van der Waals surface area contributed by atoms with Gasteiger partial charge in [-0.3, -0.25) is 4.79 Å². The van der Waals surface area contributed by atoms with Crippen LogP contribution in [0, 0.1) is 23.7 Å². The van der Waals surface area contributed by atoms with Gasteiger partial charge in [-0.05, 0) is 79.3 Å². The Kier molecular flexibility index (Phi) is 9.12. The molecule has 0 radical (unpaired) electrons. The summed E-state index contributed by atoms with van der Waals surface area (Å²) in [5.41, 5.74) is 5.83. The van der Waals surface area contributed by atoms with Crippen molar-refractivity contribution in [3.8, 4) is 34.4 Å². The second-order valence-electron chi connectivity index (χ2n) is 13.3. The molecule has 7 rings (SSSR count). The molecule has 2 saturated heterocycles. The fourth-order valence-corrected chi connectivity index (χ4v) is 8.26. The Hall–Kier alpha value is -4.40. The largest absolute Gasteiger partial charge is 0.453 e. The van der Waals surface area contributed by atoms with Crippen molar-refractivity contribution < 1.29 is 14.3 Å². The van der Waals surface area contributed by atoms with Crippen molar-refractivity contribution >= 4 is 28.1 Å². The lowest BCUT2D eigenvalue weighted by Crippen LogP contribution is -2.51. The molecule has 10 nitrogen and oxygen atoms in total. The predicted octanol–water partition coefficient (Wildman–Crippen LogP) is 6.75. The second-order valence-corrected chi connectivity index (χ2v) is 14.2. The number of methoxy groups -OCH3 is 1. The van der Waals surface area contributed by atoms with E-state index in [0.717, 1.165) is 58.1 Å². The zero-order valence-corrected chi connectivity index (χ0v) is 29.0. The summed E-state index contributed by atoms with van der Waals surface area (Å²) in [6.07, 6.45) is 8.58. The summed E-state index contributed by atoms with van der Waals surface area (Å²) in [5.74, 6) is 8.79. The van der Waals surface area contributed by atoms with Crippen molar-refractivity contribution in [3.05, 3.63) is 83.7 Å². The van der Waals surface area contributed by atoms with Crippen molar-refractivity contribution in [2.75, 3.05) is 13.7 Å². The summed E-state index contributed by atoms with van der Waals surface area (Å²) in [5, 5.41) is 2.70. The fourth-order valence-electron chi connectivity index (χ4n) is 7.36. The number of halogens is 1. The van der Waals surface area contributed by atoms with E-state index in [4.69, 9.17) is 9.72 Å². The normalized spacial score (nSPS) is 22.5. The lowest BCUT2D eigenvalue weighted by Gasteiger charge is -2.30. The van der Waals surface area contributed by atoms with Crippen LogP contribution in [0.25, 0.3) is 22.5 Å². The Morgan fingerprint density at radius 1 is 0.917 bits per heavy atom. The predicted molar refractivity (Wildman–Crippen MR) is 187 cm³/mol. The van der Waals surface area contributed by atoms with Gasteiger partial charge in [-0.1, -0.05) is 50.0 Å². The molecule has 11 heteroatoms. The number of hydrogen-bond donors (Lipinski definition) is 3. The Bertz CT molecular complexity index is 1840. The number of imidazole rings is 2. The number of alkyl carbamates (subject to hydrolysis) is 1. The number of aromatic amines is 2. The molecule has 2 aromatic heterocycles. The average molecular weight is 711 g/mol. The summed E-state index contributed by atoms with van der Waals surface area (Å²) >= 11 is 3.79. The van der Waals surface area contributed by atoms with Crippen LogP contribution in [-0.4, -0.2) is 66.5 Å². The van der Waals surface area contributed by atoms with E-state index >= 15 is 0 Å². The summed E-state index contributed by atoms with van der Waals surface area (Å²) in [6, 6.07) is 16.4. The smallest absolute Gasteiger partial charge is 0.407 e. The number of aromatic nitrogens is 4. The molecule has 1 aliphatic carbocycles. The molecule has 3 N–H and O–H groups in total. The number of amides is 2. The minimum absolute atomic E-state index is 0.0844. The van der Waals surface area contributed by atoms with E-state index in [9.17, 15) is 9.59 Å². The van der Waals surface area contributed by atoms with Gasteiger partial charge in [-0.15, -0.1) is 0 Å². The summed E-state index contributed by atoms with van der Waals surface area (Å²) in [7, 11) is 1.30. The van der Waals surface area contributed by atoms with Crippen LogP contribution in [0.2, 0.25) is 0 Å². The third kappa shape index (κ3) is 6.39. The highest BCUT2D eigenvalue weighted by Gasteiger charge is 2.47. The van der Waals surface area contributed by atoms with Gasteiger partial charge in [0.1, 0.15) is 17.7 Å². The molecule has 5 atom stereocenters. The first-order valence-corrected chi connectivity index (χ1v) is 17.4. The zero-order chi connectivity index (χ0) is 33.4. The quantitative estimate of drug-likeness (QED) is 0.144. The number of piperidine rings is 1. The number of rotatable bonds is 7. The lowest BCUT2D eigenvalue weighted by molar-refractivity contribution is -0.135. The molecule has 2 aliphatic heterocycles. The topological polar surface area (TPSA) is 119 Å². The maximum Gasteiger partial charge on any atom is 0.407 e.